The van der Waals surface area contributed by atoms with E-state index in [-0.39, 0.29) is 5.41 Å². The Kier molecular flexibility index (Phi) is 7.12. The van der Waals surface area contributed by atoms with Crippen molar-refractivity contribution in [3.05, 3.63) is 156 Å². The second-order valence-corrected chi connectivity index (χ2v) is 15.0. The number of benzene rings is 7. The van der Waals surface area contributed by atoms with Crippen molar-refractivity contribution in [2.45, 2.75) is 40.0 Å². The van der Waals surface area contributed by atoms with Crippen LogP contribution in [0.4, 0.5) is 0 Å². The van der Waals surface area contributed by atoms with E-state index >= 15 is 0 Å². The normalized spacial score (nSPS) is 11.9. The highest BCUT2D eigenvalue weighted by Crippen LogP contribution is 2.49. The maximum absolute atomic E-state index is 2.46. The summed E-state index contributed by atoms with van der Waals surface area (Å²) >= 11 is 1.91. The van der Waals surface area contributed by atoms with Gasteiger partial charge in [0.25, 0.3) is 0 Å². The standard InChI is InChI=1S/C46H38S/c1-29-15-19-32(20-16-29)44-39-25-23-34(27-41(39)47-45(44)33-21-17-30(2)18-22-33)43-37-14-10-9-13-36(37)42(31-11-7-6-8-12-31)38-26-24-35(28-40(38)43)46(3,4)5/h6-28H,1-5H3. The Morgan fingerprint density at radius 2 is 0.915 bits per heavy atom. The van der Waals surface area contributed by atoms with E-state index in [9.17, 15) is 0 Å². The van der Waals surface area contributed by atoms with E-state index in [0.717, 1.165) is 0 Å². The van der Waals surface area contributed by atoms with Crippen molar-refractivity contribution in [1.29, 1.82) is 0 Å². The largest absolute Gasteiger partial charge is 0.135 e. The highest BCUT2D eigenvalue weighted by molar-refractivity contribution is 7.23. The number of fused-ring (bicyclic) bond motifs is 3. The number of rotatable bonds is 4. The van der Waals surface area contributed by atoms with Gasteiger partial charge in [-0.3, -0.25) is 0 Å². The lowest BCUT2D eigenvalue weighted by Gasteiger charge is -2.23. The number of hydrogen-bond donors (Lipinski definition) is 0. The molecule has 0 spiro atoms. The van der Waals surface area contributed by atoms with Crippen molar-refractivity contribution in [1.82, 2.24) is 0 Å². The number of hydrogen-bond acceptors (Lipinski definition) is 1. The first-order valence-electron chi connectivity index (χ1n) is 16.5. The van der Waals surface area contributed by atoms with Gasteiger partial charge in [0.2, 0.25) is 0 Å². The molecule has 0 unspecified atom stereocenters. The van der Waals surface area contributed by atoms with Crippen LogP contribution in [0.25, 0.3) is 75.5 Å². The molecule has 0 aliphatic carbocycles. The molecule has 0 radical (unpaired) electrons. The molecule has 1 heterocycles. The lowest BCUT2D eigenvalue weighted by Crippen LogP contribution is -2.10. The maximum atomic E-state index is 2.46. The van der Waals surface area contributed by atoms with Crippen LogP contribution in [0.15, 0.2) is 140 Å². The van der Waals surface area contributed by atoms with E-state index in [0.29, 0.717) is 0 Å². The summed E-state index contributed by atoms with van der Waals surface area (Å²) in [5.74, 6) is 0. The quantitative estimate of drug-likeness (QED) is 0.171. The summed E-state index contributed by atoms with van der Waals surface area (Å²) in [5, 5.41) is 6.49. The van der Waals surface area contributed by atoms with Crippen molar-refractivity contribution in [2.24, 2.45) is 0 Å². The minimum absolute atomic E-state index is 0.0353. The van der Waals surface area contributed by atoms with Gasteiger partial charge in [0.05, 0.1) is 0 Å². The van der Waals surface area contributed by atoms with Gasteiger partial charge in [-0.25, -0.2) is 0 Å². The van der Waals surface area contributed by atoms with E-state index < -0.39 is 0 Å². The van der Waals surface area contributed by atoms with Gasteiger partial charge >= 0.3 is 0 Å². The molecule has 0 saturated carbocycles. The molecule has 0 N–H and O–H groups in total. The molecule has 8 aromatic rings. The van der Waals surface area contributed by atoms with E-state index in [2.05, 4.69) is 174 Å². The summed E-state index contributed by atoms with van der Waals surface area (Å²) in [7, 11) is 0. The molecular weight excluding hydrogens is 585 g/mol. The first kappa shape index (κ1) is 29.4. The molecule has 0 fully saturated rings. The Labute approximate surface area is 282 Å². The Bertz CT molecular complexity index is 2420. The second-order valence-electron chi connectivity index (χ2n) is 13.9. The summed E-state index contributed by atoms with van der Waals surface area (Å²) in [4.78, 5) is 1.32. The van der Waals surface area contributed by atoms with Gasteiger partial charge < -0.3 is 0 Å². The highest BCUT2D eigenvalue weighted by Gasteiger charge is 2.22. The molecule has 228 valence electrons. The lowest BCUT2D eigenvalue weighted by molar-refractivity contribution is 0.591. The van der Waals surface area contributed by atoms with Gasteiger partial charge in [-0.05, 0) is 91.9 Å². The van der Waals surface area contributed by atoms with Crippen molar-refractivity contribution >= 4 is 43.0 Å². The SMILES string of the molecule is Cc1ccc(-c2sc3cc(-c4c5ccccc5c(-c5ccccc5)c5ccc(C(C)(C)C)cc45)ccc3c2-c2ccc(C)cc2)cc1. The third-order valence-electron chi connectivity index (χ3n) is 9.59. The monoisotopic (exact) mass is 622 g/mol. The average molecular weight is 623 g/mol. The fraction of sp³-hybridized carbons (Fsp3) is 0.130. The predicted molar refractivity (Wildman–Crippen MR) is 207 cm³/mol. The zero-order valence-corrected chi connectivity index (χ0v) is 28.5. The summed E-state index contributed by atoms with van der Waals surface area (Å²) in [6.07, 6.45) is 0. The van der Waals surface area contributed by atoms with Crippen molar-refractivity contribution in [2.75, 3.05) is 0 Å². The topological polar surface area (TPSA) is 0 Å². The first-order chi connectivity index (χ1) is 22.8. The molecule has 0 saturated heterocycles. The molecule has 1 aromatic heterocycles. The molecule has 47 heavy (non-hydrogen) atoms. The summed E-state index contributed by atoms with van der Waals surface area (Å²) < 4.78 is 1.31. The van der Waals surface area contributed by atoms with Gasteiger partial charge in [0.15, 0.2) is 0 Å². The van der Waals surface area contributed by atoms with Crippen molar-refractivity contribution in [3.63, 3.8) is 0 Å². The van der Waals surface area contributed by atoms with E-state index in [4.69, 9.17) is 0 Å². The third-order valence-corrected chi connectivity index (χ3v) is 10.8. The fourth-order valence-electron chi connectivity index (χ4n) is 7.04. The third kappa shape index (κ3) is 5.16. The lowest BCUT2D eigenvalue weighted by atomic mass is 9.81. The fourth-order valence-corrected chi connectivity index (χ4v) is 8.31. The number of thiophene rings is 1. The van der Waals surface area contributed by atoms with Gasteiger partial charge in [-0.15, -0.1) is 11.3 Å². The summed E-state index contributed by atoms with van der Waals surface area (Å²) in [6.45, 7) is 11.2. The second kappa shape index (κ2) is 11.4. The summed E-state index contributed by atoms with van der Waals surface area (Å²) in [5.41, 5.74) is 12.9. The van der Waals surface area contributed by atoms with Crippen LogP contribution in [-0.2, 0) is 5.41 Å². The molecule has 0 atom stereocenters. The van der Waals surface area contributed by atoms with Crippen LogP contribution in [-0.4, -0.2) is 0 Å². The van der Waals surface area contributed by atoms with Gasteiger partial charge in [0.1, 0.15) is 0 Å². The molecule has 8 rings (SSSR count). The van der Waals surface area contributed by atoms with E-state index in [1.807, 2.05) is 11.3 Å². The Hall–Kier alpha value is -4.98. The predicted octanol–water partition coefficient (Wildman–Crippen LogP) is 13.8. The van der Waals surface area contributed by atoms with Gasteiger partial charge in [0, 0.05) is 20.5 Å². The molecule has 0 bridgehead atoms. The molecule has 1 heteroatoms. The molecule has 0 amide bonds. The smallest absolute Gasteiger partial charge is 0.0433 e. The molecule has 7 aromatic carbocycles. The minimum atomic E-state index is 0.0353. The van der Waals surface area contributed by atoms with Gasteiger partial charge in [-0.2, -0.15) is 0 Å². The van der Waals surface area contributed by atoms with Crippen LogP contribution in [0.5, 0.6) is 0 Å². The molecule has 0 aliphatic rings. The van der Waals surface area contributed by atoms with E-state index in [1.54, 1.807) is 0 Å². The maximum Gasteiger partial charge on any atom is 0.0433 e. The first-order valence-corrected chi connectivity index (χ1v) is 17.3. The van der Waals surface area contributed by atoms with Gasteiger partial charge in [-0.1, -0.05) is 159 Å². The van der Waals surface area contributed by atoms with Crippen LogP contribution >= 0.6 is 11.3 Å². The highest BCUT2D eigenvalue weighted by atomic mass is 32.1. The molecular formula is C46H38S. The Morgan fingerprint density at radius 1 is 0.404 bits per heavy atom. The van der Waals surface area contributed by atoms with E-state index in [1.165, 1.54) is 92.1 Å². The molecule has 0 nitrogen and oxygen atoms in total. The average Bonchev–Trinajstić information content (AvgIpc) is 3.46. The van der Waals surface area contributed by atoms with Crippen LogP contribution in [0.2, 0.25) is 0 Å². The Balaban J connectivity index is 1.45. The van der Waals surface area contributed by atoms with Crippen LogP contribution < -0.4 is 0 Å². The van der Waals surface area contributed by atoms with Crippen LogP contribution in [0.1, 0.15) is 37.5 Å². The Morgan fingerprint density at radius 3 is 1.55 bits per heavy atom. The molecule has 0 aliphatic heterocycles. The zero-order chi connectivity index (χ0) is 32.3. The minimum Gasteiger partial charge on any atom is -0.135 e. The van der Waals surface area contributed by atoms with Crippen molar-refractivity contribution in [3.8, 4) is 43.8 Å². The number of aryl methyl sites for hydroxylation is 2. The van der Waals surface area contributed by atoms with Crippen molar-refractivity contribution < 1.29 is 0 Å². The summed E-state index contributed by atoms with van der Waals surface area (Å²) in [6, 6.07) is 52.2. The van der Waals surface area contributed by atoms with Crippen LogP contribution in [0.3, 0.4) is 0 Å². The van der Waals surface area contributed by atoms with Crippen LogP contribution in [0, 0.1) is 13.8 Å². The zero-order valence-electron chi connectivity index (χ0n) is 27.7.